The summed E-state index contributed by atoms with van der Waals surface area (Å²) in [6.45, 7) is 8.70. The number of rotatable bonds is 6. The van der Waals surface area contributed by atoms with Crippen LogP contribution in [0, 0.1) is 6.92 Å². The summed E-state index contributed by atoms with van der Waals surface area (Å²) in [4.78, 5) is 3.36. The van der Waals surface area contributed by atoms with Crippen LogP contribution in [-0.2, 0) is 0 Å². The Kier molecular flexibility index (Phi) is 6.72. The second-order valence-electron chi connectivity index (χ2n) is 4.52. The normalized spacial score (nSPS) is 11.7. The first kappa shape index (κ1) is 15.5. The van der Waals surface area contributed by atoms with Gasteiger partial charge in [0.1, 0.15) is 0 Å². The molecule has 0 spiro atoms. The summed E-state index contributed by atoms with van der Waals surface area (Å²) in [6, 6.07) is 6.54. The Morgan fingerprint density at radius 1 is 1.22 bits per heavy atom. The molecule has 1 aromatic rings. The Balaban J connectivity index is 3.19. The molecule has 0 bridgehead atoms. The van der Waals surface area contributed by atoms with Crippen molar-refractivity contribution in [3.05, 3.63) is 34.7 Å². The number of thiol groups is 2. The maximum absolute atomic E-state index is 4.53. The summed E-state index contributed by atoms with van der Waals surface area (Å²) in [5.74, 6) is 0. The van der Waals surface area contributed by atoms with E-state index in [4.69, 9.17) is 0 Å². The molecule has 0 unspecified atom stereocenters. The van der Waals surface area contributed by atoms with Crippen LogP contribution >= 0.6 is 25.3 Å². The van der Waals surface area contributed by atoms with E-state index in [9.17, 15) is 0 Å². The van der Waals surface area contributed by atoms with Crippen LogP contribution < -0.4 is 4.90 Å². The van der Waals surface area contributed by atoms with Crippen molar-refractivity contribution in [3.63, 3.8) is 0 Å². The Morgan fingerprint density at radius 2 is 1.83 bits per heavy atom. The van der Waals surface area contributed by atoms with Crippen molar-refractivity contribution in [1.82, 2.24) is 0 Å². The molecule has 3 heteroatoms. The van der Waals surface area contributed by atoms with Gasteiger partial charge in [-0.3, -0.25) is 0 Å². The predicted molar refractivity (Wildman–Crippen MR) is 89.9 cm³/mol. The van der Waals surface area contributed by atoms with Crippen molar-refractivity contribution in [1.29, 1.82) is 0 Å². The average Bonchev–Trinajstić information content (AvgIpc) is 2.37. The fourth-order valence-corrected chi connectivity index (χ4v) is 2.41. The second-order valence-corrected chi connectivity index (χ2v) is 5.26. The highest BCUT2D eigenvalue weighted by molar-refractivity contribution is 7.92. The van der Waals surface area contributed by atoms with Gasteiger partial charge in [0.25, 0.3) is 0 Å². The Labute approximate surface area is 122 Å². The molecule has 0 radical (unpaired) electrons. The lowest BCUT2D eigenvalue weighted by molar-refractivity contribution is 0.744. The van der Waals surface area contributed by atoms with Crippen molar-refractivity contribution in [2.24, 2.45) is 0 Å². The van der Waals surface area contributed by atoms with Crippen LogP contribution in [0.25, 0.3) is 4.91 Å². The van der Waals surface area contributed by atoms with Gasteiger partial charge in [-0.2, -0.15) is 12.6 Å². The molecule has 0 saturated carbocycles. The minimum absolute atomic E-state index is 0.925. The summed E-state index contributed by atoms with van der Waals surface area (Å²) < 4.78 is 0. The van der Waals surface area contributed by atoms with Gasteiger partial charge in [0.2, 0.25) is 0 Å². The maximum atomic E-state index is 4.53. The third-order valence-corrected chi connectivity index (χ3v) is 3.71. The molecule has 0 aliphatic rings. The van der Waals surface area contributed by atoms with Crippen LogP contribution in [0.1, 0.15) is 37.8 Å². The van der Waals surface area contributed by atoms with Crippen LogP contribution in [-0.4, -0.2) is 13.1 Å². The van der Waals surface area contributed by atoms with E-state index in [1.807, 2.05) is 0 Å². The molecule has 100 valence electrons. The molecule has 0 saturated heterocycles. The van der Waals surface area contributed by atoms with Crippen molar-refractivity contribution in [2.45, 2.75) is 33.6 Å². The van der Waals surface area contributed by atoms with Gasteiger partial charge in [-0.05, 0) is 37.3 Å². The topological polar surface area (TPSA) is 3.24 Å². The van der Waals surface area contributed by atoms with E-state index < -0.39 is 0 Å². The zero-order valence-electron chi connectivity index (χ0n) is 11.5. The first-order valence-corrected chi connectivity index (χ1v) is 7.49. The predicted octanol–water partition coefficient (Wildman–Crippen LogP) is 4.78. The number of anilines is 1. The van der Waals surface area contributed by atoms with Gasteiger partial charge < -0.3 is 4.90 Å². The number of hydrogen-bond donors (Lipinski definition) is 2. The van der Waals surface area contributed by atoms with Crippen LogP contribution in [0.3, 0.4) is 0 Å². The second kappa shape index (κ2) is 7.80. The lowest BCUT2D eigenvalue weighted by atomic mass is 10.1. The van der Waals surface area contributed by atoms with Crippen LogP contribution in [0.2, 0.25) is 0 Å². The fraction of sp³-hybridized carbons (Fsp3) is 0.467. The third-order valence-electron chi connectivity index (χ3n) is 2.88. The van der Waals surface area contributed by atoms with Crippen molar-refractivity contribution in [3.8, 4) is 0 Å². The fourth-order valence-electron chi connectivity index (χ4n) is 2.09. The van der Waals surface area contributed by atoms with Crippen molar-refractivity contribution in [2.75, 3.05) is 18.0 Å². The van der Waals surface area contributed by atoms with E-state index in [2.05, 4.69) is 69.1 Å². The number of hydrogen-bond acceptors (Lipinski definition) is 3. The lowest BCUT2D eigenvalue weighted by Crippen LogP contribution is -2.25. The summed E-state index contributed by atoms with van der Waals surface area (Å²) in [5, 5.41) is 1.76. The van der Waals surface area contributed by atoms with Crippen LogP contribution in [0.15, 0.2) is 23.6 Å². The Hall–Kier alpha value is -0.540. The Morgan fingerprint density at radius 3 is 2.33 bits per heavy atom. The summed E-state index contributed by atoms with van der Waals surface area (Å²) in [6.07, 6.45) is 2.31. The zero-order valence-corrected chi connectivity index (χ0v) is 13.3. The standard InChI is InChI=1S/C15H23NS2/c1-4-8-16(9-5-2)14-7-6-12(3)10-13(14)15(18)11-17/h6-7,10-11,17-18H,4-5,8-9H2,1-3H3. The van der Waals surface area contributed by atoms with Crippen LogP contribution in [0.4, 0.5) is 5.69 Å². The minimum atomic E-state index is 0.925. The molecule has 0 fully saturated rings. The van der Waals surface area contributed by atoms with Gasteiger partial charge in [0, 0.05) is 29.2 Å². The molecule has 1 aromatic carbocycles. The number of benzene rings is 1. The van der Waals surface area contributed by atoms with Crippen molar-refractivity contribution >= 4 is 35.9 Å². The van der Waals surface area contributed by atoms with E-state index >= 15 is 0 Å². The zero-order chi connectivity index (χ0) is 13.5. The SMILES string of the molecule is CCCN(CCC)c1ccc(C)cc1C(S)=CS. The van der Waals surface area contributed by atoms with Gasteiger partial charge in [-0.15, -0.1) is 12.6 Å². The molecule has 0 amide bonds. The van der Waals surface area contributed by atoms with Gasteiger partial charge in [-0.25, -0.2) is 0 Å². The Bertz CT molecular complexity index is 407. The first-order valence-electron chi connectivity index (χ1n) is 6.53. The highest BCUT2D eigenvalue weighted by Gasteiger charge is 2.11. The molecule has 0 atom stereocenters. The molecule has 1 nitrogen and oxygen atoms in total. The van der Waals surface area contributed by atoms with Gasteiger partial charge in [0.05, 0.1) is 0 Å². The monoisotopic (exact) mass is 281 g/mol. The van der Waals surface area contributed by atoms with Gasteiger partial charge in [0.15, 0.2) is 0 Å². The minimum Gasteiger partial charge on any atom is -0.371 e. The van der Waals surface area contributed by atoms with E-state index in [-0.39, 0.29) is 0 Å². The molecule has 1 rings (SSSR count). The molecule has 0 N–H and O–H groups in total. The molecule has 0 aromatic heterocycles. The highest BCUT2D eigenvalue weighted by atomic mass is 32.1. The van der Waals surface area contributed by atoms with Crippen LogP contribution in [0.5, 0.6) is 0 Å². The summed E-state index contributed by atoms with van der Waals surface area (Å²) in [5.41, 5.74) is 3.69. The summed E-state index contributed by atoms with van der Waals surface area (Å²) in [7, 11) is 0. The number of nitrogens with zero attached hydrogens (tertiary/aromatic N) is 1. The molecule has 0 aliphatic heterocycles. The van der Waals surface area contributed by atoms with E-state index in [0.717, 1.165) is 30.8 Å². The lowest BCUT2D eigenvalue weighted by Gasteiger charge is -2.26. The maximum Gasteiger partial charge on any atom is 0.0451 e. The van der Waals surface area contributed by atoms with Gasteiger partial charge >= 0.3 is 0 Å². The average molecular weight is 281 g/mol. The highest BCUT2D eigenvalue weighted by Crippen LogP contribution is 2.31. The quantitative estimate of drug-likeness (QED) is 0.710. The smallest absolute Gasteiger partial charge is 0.0451 e. The van der Waals surface area contributed by atoms with Gasteiger partial charge in [-0.1, -0.05) is 25.5 Å². The molecular formula is C15H23NS2. The summed E-state index contributed by atoms with van der Waals surface area (Å²) >= 11 is 8.75. The van der Waals surface area contributed by atoms with Crippen molar-refractivity contribution < 1.29 is 0 Å². The molecular weight excluding hydrogens is 258 g/mol. The molecule has 0 heterocycles. The first-order chi connectivity index (χ1) is 8.63. The largest absolute Gasteiger partial charge is 0.371 e. The molecule has 0 aliphatic carbocycles. The van der Waals surface area contributed by atoms with E-state index in [1.165, 1.54) is 16.8 Å². The van der Waals surface area contributed by atoms with E-state index in [1.54, 1.807) is 5.41 Å². The van der Waals surface area contributed by atoms with E-state index in [0.29, 0.717) is 0 Å². The molecule has 18 heavy (non-hydrogen) atoms. The number of aryl methyl sites for hydroxylation is 1. The third kappa shape index (κ3) is 3.99.